The van der Waals surface area contributed by atoms with Gasteiger partial charge in [0, 0.05) is 17.4 Å². The molecular weight excluding hydrogens is 232 g/mol. The molecule has 2 rings (SSSR count). The minimum absolute atomic E-state index is 0.0228. The average molecular weight is 245 g/mol. The molecular formula is C11H13F2NOS. The van der Waals surface area contributed by atoms with Crippen LogP contribution in [0.5, 0.6) is 0 Å². The van der Waals surface area contributed by atoms with Gasteiger partial charge in [0.25, 0.3) is 0 Å². The van der Waals surface area contributed by atoms with Crippen LogP contribution in [0.2, 0.25) is 0 Å². The highest BCUT2D eigenvalue weighted by atomic mass is 32.2. The lowest BCUT2D eigenvalue weighted by Crippen LogP contribution is -2.33. The van der Waals surface area contributed by atoms with Gasteiger partial charge in [0.05, 0.1) is 15.7 Å². The fraction of sp³-hybridized carbons (Fsp3) is 0.455. The molecule has 0 bridgehead atoms. The Hall–Kier alpha value is -0.810. The van der Waals surface area contributed by atoms with Crippen LogP contribution < -0.4 is 5.32 Å². The van der Waals surface area contributed by atoms with Crippen LogP contribution in [0.15, 0.2) is 17.0 Å². The van der Waals surface area contributed by atoms with E-state index in [1.54, 1.807) is 7.05 Å². The second-order valence-corrected chi connectivity index (χ2v) is 5.46. The molecule has 1 aromatic carbocycles. The first kappa shape index (κ1) is 11.7. The Labute approximate surface area is 95.5 Å². The third-order valence-electron chi connectivity index (χ3n) is 2.93. The zero-order valence-corrected chi connectivity index (χ0v) is 9.91. The molecule has 0 radical (unpaired) electrons. The number of rotatable bonds is 1. The molecule has 1 heterocycles. The van der Waals surface area contributed by atoms with Gasteiger partial charge in [0.1, 0.15) is 11.6 Å². The zero-order valence-electron chi connectivity index (χ0n) is 9.09. The van der Waals surface area contributed by atoms with Gasteiger partial charge in [-0.25, -0.2) is 8.78 Å². The molecule has 88 valence electrons. The smallest absolute Gasteiger partial charge is 0.139 e. The summed E-state index contributed by atoms with van der Waals surface area (Å²) in [5.74, 6) is -0.689. The van der Waals surface area contributed by atoms with Crippen LogP contribution in [-0.2, 0) is 10.8 Å². The highest BCUT2D eigenvalue weighted by Crippen LogP contribution is 2.36. The number of fused-ring (bicyclic) bond motifs is 1. The molecule has 16 heavy (non-hydrogen) atoms. The van der Waals surface area contributed by atoms with Crippen molar-refractivity contribution in [2.45, 2.75) is 17.9 Å². The Morgan fingerprint density at radius 1 is 1.38 bits per heavy atom. The van der Waals surface area contributed by atoms with Crippen LogP contribution in [0.3, 0.4) is 0 Å². The number of nitrogens with one attached hydrogen (secondary N) is 1. The summed E-state index contributed by atoms with van der Waals surface area (Å²) in [7, 11) is 0.254. The van der Waals surface area contributed by atoms with Crippen molar-refractivity contribution in [1.82, 2.24) is 5.32 Å². The largest absolute Gasteiger partial charge is 0.313 e. The molecule has 1 aromatic rings. The average Bonchev–Trinajstić information content (AvgIpc) is 2.23. The second-order valence-electron chi connectivity index (χ2n) is 4.03. The Balaban J connectivity index is 2.67. The first-order chi connectivity index (χ1) is 7.56. The monoisotopic (exact) mass is 245 g/mol. The lowest BCUT2D eigenvalue weighted by atomic mass is 9.95. The van der Waals surface area contributed by atoms with E-state index in [0.29, 0.717) is 5.75 Å². The molecule has 5 heteroatoms. The minimum atomic E-state index is -1.44. The molecule has 0 spiro atoms. The molecule has 2 nitrogen and oxygen atoms in total. The Bertz CT molecular complexity index is 450. The van der Waals surface area contributed by atoms with Crippen molar-refractivity contribution < 1.29 is 13.0 Å². The molecule has 3 atom stereocenters. The summed E-state index contributed by atoms with van der Waals surface area (Å²) in [6.07, 6.45) is 0. The third kappa shape index (κ3) is 1.68. The van der Waals surface area contributed by atoms with Gasteiger partial charge in [-0.3, -0.25) is 4.21 Å². The van der Waals surface area contributed by atoms with E-state index >= 15 is 0 Å². The van der Waals surface area contributed by atoms with Gasteiger partial charge in [-0.15, -0.1) is 0 Å². The maximum absolute atomic E-state index is 13.7. The summed E-state index contributed by atoms with van der Waals surface area (Å²) in [5, 5.41) is 2.96. The summed E-state index contributed by atoms with van der Waals surface area (Å²) < 4.78 is 39.1. The lowest BCUT2D eigenvalue weighted by Gasteiger charge is -2.30. The maximum Gasteiger partial charge on any atom is 0.139 e. The van der Waals surface area contributed by atoms with Crippen LogP contribution >= 0.6 is 0 Å². The van der Waals surface area contributed by atoms with Gasteiger partial charge in [-0.05, 0) is 25.1 Å². The first-order valence-corrected chi connectivity index (χ1v) is 6.41. The van der Waals surface area contributed by atoms with E-state index in [4.69, 9.17) is 0 Å². The van der Waals surface area contributed by atoms with Crippen LogP contribution in [-0.4, -0.2) is 17.0 Å². The standard InChI is InChI=1S/C11H13F2NOS/c1-6-5-16(15)11-8(13)4-3-7(12)9(11)10(6)14-2/h3-4,6,10,14H,5H2,1-2H3. The summed E-state index contributed by atoms with van der Waals surface area (Å²) in [6, 6.07) is 1.85. The van der Waals surface area contributed by atoms with Gasteiger partial charge in [0.2, 0.25) is 0 Å². The van der Waals surface area contributed by atoms with Gasteiger partial charge >= 0.3 is 0 Å². The van der Waals surface area contributed by atoms with Gasteiger partial charge in [-0.2, -0.15) is 0 Å². The van der Waals surface area contributed by atoms with Crippen LogP contribution in [0.25, 0.3) is 0 Å². The number of hydrogen-bond acceptors (Lipinski definition) is 2. The summed E-state index contributed by atoms with van der Waals surface area (Å²) in [5.41, 5.74) is 0.222. The van der Waals surface area contributed by atoms with Crippen LogP contribution in [0.1, 0.15) is 18.5 Å². The van der Waals surface area contributed by atoms with Gasteiger partial charge < -0.3 is 5.32 Å². The van der Waals surface area contributed by atoms with Crippen molar-refractivity contribution in [2.24, 2.45) is 5.92 Å². The molecule has 0 aliphatic carbocycles. The summed E-state index contributed by atoms with van der Waals surface area (Å²) >= 11 is 0. The molecule has 0 saturated heterocycles. The molecule has 3 unspecified atom stereocenters. The Morgan fingerprint density at radius 2 is 2.00 bits per heavy atom. The van der Waals surface area contributed by atoms with Gasteiger partial charge in [-0.1, -0.05) is 6.92 Å². The molecule has 0 amide bonds. The molecule has 0 saturated carbocycles. The molecule has 1 aliphatic rings. The Morgan fingerprint density at radius 3 is 2.62 bits per heavy atom. The lowest BCUT2D eigenvalue weighted by molar-refractivity contribution is 0.402. The van der Waals surface area contributed by atoms with Crippen molar-refractivity contribution >= 4 is 10.8 Å². The Kier molecular flexibility index (Phi) is 3.08. The van der Waals surface area contributed by atoms with E-state index in [2.05, 4.69) is 5.32 Å². The fourth-order valence-corrected chi connectivity index (χ4v) is 3.79. The van der Waals surface area contributed by atoms with E-state index in [0.717, 1.165) is 12.1 Å². The molecule has 1 aliphatic heterocycles. The van der Waals surface area contributed by atoms with E-state index in [9.17, 15) is 13.0 Å². The van der Waals surface area contributed by atoms with Crippen molar-refractivity contribution in [1.29, 1.82) is 0 Å². The van der Waals surface area contributed by atoms with E-state index < -0.39 is 22.4 Å². The van der Waals surface area contributed by atoms with Gasteiger partial charge in [0.15, 0.2) is 0 Å². The molecule has 0 fully saturated rings. The SMILES string of the molecule is CNC1c2c(F)ccc(F)c2S(=O)CC1C. The summed E-state index contributed by atoms with van der Waals surface area (Å²) in [4.78, 5) is 0.0254. The van der Waals surface area contributed by atoms with Crippen molar-refractivity contribution in [3.8, 4) is 0 Å². The van der Waals surface area contributed by atoms with E-state index in [1.165, 1.54) is 0 Å². The highest BCUT2D eigenvalue weighted by Gasteiger charge is 2.34. The van der Waals surface area contributed by atoms with Crippen LogP contribution in [0.4, 0.5) is 8.78 Å². The number of benzene rings is 1. The zero-order chi connectivity index (χ0) is 11.9. The predicted octanol–water partition coefficient (Wildman–Crippen LogP) is 1.98. The maximum atomic E-state index is 13.7. The third-order valence-corrected chi connectivity index (χ3v) is 4.63. The highest BCUT2D eigenvalue weighted by molar-refractivity contribution is 7.85. The van der Waals surface area contributed by atoms with Crippen molar-refractivity contribution in [3.63, 3.8) is 0 Å². The second kappa shape index (κ2) is 4.22. The molecule has 1 N–H and O–H groups in total. The quantitative estimate of drug-likeness (QED) is 0.819. The van der Waals surface area contributed by atoms with Crippen molar-refractivity contribution in [2.75, 3.05) is 12.8 Å². The fourth-order valence-electron chi connectivity index (χ4n) is 2.20. The summed E-state index contributed by atoms with van der Waals surface area (Å²) in [6.45, 7) is 1.88. The number of hydrogen-bond donors (Lipinski definition) is 1. The van der Waals surface area contributed by atoms with Crippen molar-refractivity contribution in [3.05, 3.63) is 29.3 Å². The van der Waals surface area contributed by atoms with E-state index in [1.807, 2.05) is 6.92 Å². The first-order valence-electron chi connectivity index (χ1n) is 5.09. The number of halogens is 2. The molecule has 0 aromatic heterocycles. The predicted molar refractivity (Wildman–Crippen MR) is 58.6 cm³/mol. The minimum Gasteiger partial charge on any atom is -0.313 e. The normalized spacial score (nSPS) is 28.9. The van der Waals surface area contributed by atoms with E-state index in [-0.39, 0.29) is 22.4 Å². The topological polar surface area (TPSA) is 29.1 Å². The van der Waals surface area contributed by atoms with Crippen LogP contribution in [0, 0.1) is 17.6 Å².